The van der Waals surface area contributed by atoms with Gasteiger partial charge in [0.15, 0.2) is 6.04 Å². The van der Waals surface area contributed by atoms with Gasteiger partial charge in [-0.1, -0.05) is 101 Å². The number of carboxylic acid groups (broad SMARTS) is 1. The van der Waals surface area contributed by atoms with Crippen LogP contribution in [0.2, 0.25) is 0 Å². The van der Waals surface area contributed by atoms with Gasteiger partial charge >= 0.3 is 5.97 Å². The van der Waals surface area contributed by atoms with Crippen LogP contribution in [0.5, 0.6) is 0 Å². The molecule has 0 saturated carbocycles. The topological polar surface area (TPSA) is 86.6 Å². The van der Waals surface area contributed by atoms with Crippen LogP contribution in [-0.2, 0) is 9.59 Å². The lowest BCUT2D eigenvalue weighted by molar-refractivity contribution is -0.142. The summed E-state index contributed by atoms with van der Waals surface area (Å²) in [5, 5.41) is 19.7. The minimum atomic E-state index is -1.28. The van der Waals surface area contributed by atoms with Crippen LogP contribution in [0.3, 0.4) is 0 Å². The molecule has 1 atom stereocenters. The van der Waals surface area contributed by atoms with Crippen molar-refractivity contribution in [3.63, 3.8) is 0 Å². The van der Waals surface area contributed by atoms with E-state index in [1.54, 1.807) is 12.2 Å². The molecule has 0 aromatic heterocycles. The first kappa shape index (κ1) is 25.9. The number of carbonyl (C=O) groups excluding carboxylic acids is 1. The summed E-state index contributed by atoms with van der Waals surface area (Å²) >= 11 is 0. The zero-order valence-electron chi connectivity index (χ0n) is 17.2. The molecule has 3 N–H and O–H groups in total. The second-order valence-corrected chi connectivity index (χ2v) is 6.76. The van der Waals surface area contributed by atoms with Gasteiger partial charge in [0.25, 0.3) is 0 Å². The lowest BCUT2D eigenvalue weighted by atomic mass is 10.1. The van der Waals surface area contributed by atoms with Crippen molar-refractivity contribution in [3.8, 4) is 0 Å². The Labute approximate surface area is 169 Å². The van der Waals surface area contributed by atoms with Gasteiger partial charge in [0.05, 0.1) is 6.61 Å². The van der Waals surface area contributed by atoms with Crippen molar-refractivity contribution in [2.24, 2.45) is 0 Å². The first-order valence-corrected chi connectivity index (χ1v) is 10.4. The summed E-state index contributed by atoms with van der Waals surface area (Å²) < 4.78 is 0. The number of aliphatic carboxylic acids is 1. The second-order valence-electron chi connectivity index (χ2n) is 6.76. The molecular formula is C23H37NO4. The highest BCUT2D eigenvalue weighted by Gasteiger charge is 2.16. The predicted molar refractivity (Wildman–Crippen MR) is 115 cm³/mol. The van der Waals surface area contributed by atoms with Gasteiger partial charge in [-0.2, -0.15) is 0 Å². The first-order chi connectivity index (χ1) is 13.6. The summed E-state index contributed by atoms with van der Waals surface area (Å²) in [5.41, 5.74) is 0. The van der Waals surface area contributed by atoms with Crippen molar-refractivity contribution >= 4 is 11.9 Å². The number of unbranched alkanes of at least 4 members (excludes halogenated alkanes) is 9. The molecule has 5 nitrogen and oxygen atoms in total. The van der Waals surface area contributed by atoms with E-state index in [0.717, 1.165) is 6.42 Å². The van der Waals surface area contributed by atoms with Gasteiger partial charge in [0.1, 0.15) is 0 Å². The molecule has 0 aliphatic rings. The van der Waals surface area contributed by atoms with E-state index < -0.39 is 24.5 Å². The Bertz CT molecular complexity index is 521. The number of hydrogen-bond donors (Lipinski definition) is 3. The van der Waals surface area contributed by atoms with E-state index in [2.05, 4.69) is 18.3 Å². The van der Waals surface area contributed by atoms with E-state index >= 15 is 0 Å². The van der Waals surface area contributed by atoms with Crippen molar-refractivity contribution in [1.29, 1.82) is 0 Å². The number of nitrogens with one attached hydrogen (secondary N) is 1. The number of aliphatic hydroxyl groups excluding tert-OH is 1. The van der Waals surface area contributed by atoms with Gasteiger partial charge in [0, 0.05) is 6.08 Å². The van der Waals surface area contributed by atoms with E-state index in [9.17, 15) is 9.59 Å². The molecule has 0 aliphatic carbocycles. The molecule has 0 aromatic rings. The Kier molecular flexibility index (Phi) is 18.1. The van der Waals surface area contributed by atoms with E-state index in [1.165, 1.54) is 69.9 Å². The largest absolute Gasteiger partial charge is 0.480 e. The molecule has 0 unspecified atom stereocenters. The van der Waals surface area contributed by atoms with Gasteiger partial charge in [-0.15, -0.1) is 0 Å². The molecule has 0 spiro atoms. The lowest BCUT2D eigenvalue weighted by Crippen LogP contribution is -2.42. The van der Waals surface area contributed by atoms with Gasteiger partial charge < -0.3 is 15.5 Å². The average molecular weight is 392 g/mol. The van der Waals surface area contributed by atoms with E-state index in [0.29, 0.717) is 0 Å². The number of carbonyl (C=O) groups is 2. The fourth-order valence-corrected chi connectivity index (χ4v) is 2.55. The summed E-state index contributed by atoms with van der Waals surface area (Å²) in [6.45, 7) is 1.61. The van der Waals surface area contributed by atoms with E-state index in [4.69, 9.17) is 10.2 Å². The standard InChI is InChI=1S/C23H37NO4/c1-2-3-4-5-6-7-8-9-10-11-12-13-14-15-16-17-18-19-22(26)24-21(20-25)23(27)28/h12-19,21,25H,2-11,20H2,1H3,(H,24,26)(H,27,28)/b13-12-,15-14+,17-16-,19-18+/t21-/m1/s1. The SMILES string of the molecule is CCCCCCCCCCC\C=C/C=C/C=C\C=C\C(=O)N[C@H](CO)C(=O)O. The number of carboxylic acids is 1. The predicted octanol–water partition coefficient (Wildman–Crippen LogP) is 4.69. The number of rotatable bonds is 17. The maximum absolute atomic E-state index is 11.4. The average Bonchev–Trinajstić information content (AvgIpc) is 2.68. The highest BCUT2D eigenvalue weighted by Crippen LogP contribution is 2.10. The molecule has 0 fully saturated rings. The van der Waals surface area contributed by atoms with Crippen molar-refractivity contribution in [1.82, 2.24) is 5.32 Å². The van der Waals surface area contributed by atoms with Crippen molar-refractivity contribution in [2.45, 2.75) is 77.2 Å². The third-order valence-corrected chi connectivity index (χ3v) is 4.21. The lowest BCUT2D eigenvalue weighted by Gasteiger charge is -2.08. The second kappa shape index (κ2) is 19.6. The van der Waals surface area contributed by atoms with Crippen LogP contribution in [0.25, 0.3) is 0 Å². The molecule has 0 bridgehead atoms. The maximum Gasteiger partial charge on any atom is 0.328 e. The minimum absolute atomic E-state index is 0.559. The Balaban J connectivity index is 3.69. The molecule has 0 saturated heterocycles. The molecular weight excluding hydrogens is 354 g/mol. The van der Waals surface area contributed by atoms with Gasteiger partial charge in [0.2, 0.25) is 5.91 Å². The Morgan fingerprint density at radius 1 is 0.821 bits per heavy atom. The van der Waals surface area contributed by atoms with Crippen molar-refractivity contribution in [3.05, 3.63) is 48.6 Å². The van der Waals surface area contributed by atoms with Crippen LogP contribution in [-0.4, -0.2) is 34.7 Å². The molecule has 0 heterocycles. The van der Waals surface area contributed by atoms with Crippen molar-refractivity contribution < 1.29 is 19.8 Å². The first-order valence-electron chi connectivity index (χ1n) is 10.4. The number of hydrogen-bond acceptors (Lipinski definition) is 3. The Morgan fingerprint density at radius 3 is 1.93 bits per heavy atom. The molecule has 5 heteroatoms. The summed E-state index contributed by atoms with van der Waals surface area (Å²) in [5.74, 6) is -1.83. The molecule has 28 heavy (non-hydrogen) atoms. The molecule has 0 aromatic carbocycles. The molecule has 0 aliphatic heterocycles. The molecule has 158 valence electrons. The summed E-state index contributed by atoms with van der Waals surface area (Å²) in [6, 6.07) is -1.28. The fourth-order valence-electron chi connectivity index (χ4n) is 2.55. The Morgan fingerprint density at radius 2 is 1.36 bits per heavy atom. The number of aliphatic hydroxyl groups is 1. The molecule has 0 rings (SSSR count). The monoisotopic (exact) mass is 391 g/mol. The van der Waals surface area contributed by atoms with E-state index in [-0.39, 0.29) is 0 Å². The van der Waals surface area contributed by atoms with Crippen molar-refractivity contribution in [2.75, 3.05) is 6.61 Å². The molecule has 1 amide bonds. The summed E-state index contributed by atoms with van der Waals surface area (Å²) in [4.78, 5) is 22.1. The van der Waals surface area contributed by atoms with Crippen LogP contribution in [0.4, 0.5) is 0 Å². The van der Waals surface area contributed by atoms with Crippen LogP contribution < -0.4 is 5.32 Å². The van der Waals surface area contributed by atoms with Crippen LogP contribution >= 0.6 is 0 Å². The summed E-state index contributed by atoms with van der Waals surface area (Å²) in [7, 11) is 0. The smallest absolute Gasteiger partial charge is 0.328 e. The van der Waals surface area contributed by atoms with Gasteiger partial charge in [-0.05, 0) is 12.8 Å². The van der Waals surface area contributed by atoms with Crippen LogP contribution in [0, 0.1) is 0 Å². The zero-order valence-corrected chi connectivity index (χ0v) is 17.2. The quantitative estimate of drug-likeness (QED) is 0.191. The van der Waals surface area contributed by atoms with Gasteiger partial charge in [-0.3, -0.25) is 4.79 Å². The third-order valence-electron chi connectivity index (χ3n) is 4.21. The van der Waals surface area contributed by atoms with Crippen LogP contribution in [0.1, 0.15) is 71.1 Å². The number of amides is 1. The van der Waals surface area contributed by atoms with Gasteiger partial charge in [-0.25, -0.2) is 4.79 Å². The highest BCUT2D eigenvalue weighted by molar-refractivity contribution is 5.91. The normalized spacial score (nSPS) is 13.2. The summed E-state index contributed by atoms with van der Waals surface area (Å²) in [6.07, 6.45) is 27.3. The fraction of sp³-hybridized carbons (Fsp3) is 0.565. The third kappa shape index (κ3) is 17.3. The minimum Gasteiger partial charge on any atom is -0.480 e. The highest BCUT2D eigenvalue weighted by atomic mass is 16.4. The number of allylic oxidation sites excluding steroid dienone is 7. The zero-order chi connectivity index (χ0) is 20.9. The Hall–Kier alpha value is -2.14. The maximum atomic E-state index is 11.4. The van der Waals surface area contributed by atoms with Crippen LogP contribution in [0.15, 0.2) is 48.6 Å². The van der Waals surface area contributed by atoms with E-state index in [1.807, 2.05) is 18.2 Å². The molecule has 0 radical (unpaired) electrons.